The average Bonchev–Trinajstić information content (AvgIpc) is 3.29. The molecule has 0 radical (unpaired) electrons. The van der Waals surface area contributed by atoms with Crippen LogP contribution in [0.1, 0.15) is 49.5 Å². The average molecular weight is 447 g/mol. The van der Waals surface area contributed by atoms with Gasteiger partial charge in [0.05, 0.1) is 12.8 Å². The summed E-state index contributed by atoms with van der Waals surface area (Å²) in [7, 11) is -2.21. The lowest BCUT2D eigenvalue weighted by atomic mass is 10.00. The van der Waals surface area contributed by atoms with Gasteiger partial charge in [0.1, 0.15) is 16.3 Å². The van der Waals surface area contributed by atoms with Gasteiger partial charge >= 0.3 is 0 Å². The normalized spacial score (nSPS) is 20.6. The largest absolute Gasteiger partial charge is 0.495 e. The number of hydrogen-bond acceptors (Lipinski definition) is 5. The molecule has 0 bridgehead atoms. The van der Waals surface area contributed by atoms with E-state index in [0.717, 1.165) is 45.2 Å². The number of H-pyrrole nitrogens is 1. The predicted octanol–water partition coefficient (Wildman–Crippen LogP) is 3.13. The molecular formula is C22H30N4O4S. The fourth-order valence-electron chi connectivity index (χ4n) is 4.41. The first-order valence-electron chi connectivity index (χ1n) is 10.9. The summed E-state index contributed by atoms with van der Waals surface area (Å²) in [6.07, 6.45) is 4.91. The Morgan fingerprint density at radius 1 is 1.13 bits per heavy atom. The molecule has 0 unspecified atom stereocenters. The quantitative estimate of drug-likeness (QED) is 0.761. The molecular weight excluding hydrogens is 416 g/mol. The molecule has 1 aromatic carbocycles. The Morgan fingerprint density at radius 2 is 1.90 bits per heavy atom. The monoisotopic (exact) mass is 446 g/mol. The second-order valence-electron chi connectivity index (χ2n) is 8.50. The van der Waals surface area contributed by atoms with Crippen LogP contribution >= 0.6 is 0 Å². The van der Waals surface area contributed by atoms with Gasteiger partial charge in [-0.1, -0.05) is 13.3 Å². The highest BCUT2D eigenvalue weighted by atomic mass is 32.2. The highest BCUT2D eigenvalue weighted by Gasteiger charge is 2.30. The fourth-order valence-corrected chi connectivity index (χ4v) is 6.10. The number of aromatic amines is 1. The van der Waals surface area contributed by atoms with Crippen LogP contribution in [0.2, 0.25) is 0 Å². The summed E-state index contributed by atoms with van der Waals surface area (Å²) in [5.41, 5.74) is 1.57. The minimum absolute atomic E-state index is 0.0695. The van der Waals surface area contributed by atoms with E-state index in [0.29, 0.717) is 41.7 Å². The van der Waals surface area contributed by atoms with E-state index in [-0.39, 0.29) is 10.8 Å². The molecule has 2 aliphatic heterocycles. The summed E-state index contributed by atoms with van der Waals surface area (Å²) in [5.74, 6) is 0.729. The second-order valence-corrected chi connectivity index (χ2v) is 10.4. The zero-order chi connectivity index (χ0) is 22.0. The van der Waals surface area contributed by atoms with E-state index in [1.165, 1.54) is 11.4 Å². The Bertz CT molecular complexity index is 1040. The minimum Gasteiger partial charge on any atom is -0.495 e. The number of nitrogens with zero attached hydrogens (tertiary/aromatic N) is 3. The van der Waals surface area contributed by atoms with Crippen molar-refractivity contribution in [3.05, 3.63) is 30.0 Å². The number of nitrogens with one attached hydrogen (secondary N) is 1. The molecule has 2 aliphatic rings. The summed E-state index contributed by atoms with van der Waals surface area (Å²) in [4.78, 5) is 14.8. The number of likely N-dealkylation sites (tertiary alicyclic amines) is 1. The molecule has 1 N–H and O–H groups in total. The van der Waals surface area contributed by atoms with Gasteiger partial charge in [-0.25, -0.2) is 8.42 Å². The van der Waals surface area contributed by atoms with E-state index in [4.69, 9.17) is 4.74 Å². The third-order valence-electron chi connectivity index (χ3n) is 6.14. The lowest BCUT2D eigenvalue weighted by molar-refractivity contribution is 0.0677. The van der Waals surface area contributed by atoms with Gasteiger partial charge in [-0.2, -0.15) is 9.40 Å². The number of rotatable bonds is 5. The van der Waals surface area contributed by atoms with Gasteiger partial charge in [-0.15, -0.1) is 0 Å². The van der Waals surface area contributed by atoms with Gasteiger partial charge in [-0.3, -0.25) is 9.89 Å². The second kappa shape index (κ2) is 9.00. The zero-order valence-corrected chi connectivity index (χ0v) is 19.0. The van der Waals surface area contributed by atoms with Gasteiger partial charge in [0, 0.05) is 31.7 Å². The van der Waals surface area contributed by atoms with Crippen molar-refractivity contribution < 1.29 is 17.9 Å². The third kappa shape index (κ3) is 4.48. The molecule has 1 amide bonds. The van der Waals surface area contributed by atoms with Gasteiger partial charge in [0.15, 0.2) is 0 Å². The molecule has 168 valence electrons. The topological polar surface area (TPSA) is 95.6 Å². The van der Waals surface area contributed by atoms with Crippen LogP contribution in [0, 0.1) is 5.92 Å². The van der Waals surface area contributed by atoms with Crippen LogP contribution in [-0.4, -0.2) is 67.0 Å². The van der Waals surface area contributed by atoms with Crippen molar-refractivity contribution in [1.29, 1.82) is 0 Å². The van der Waals surface area contributed by atoms with Gasteiger partial charge in [0.25, 0.3) is 5.91 Å². The Morgan fingerprint density at radius 3 is 2.61 bits per heavy atom. The lowest BCUT2D eigenvalue weighted by Crippen LogP contribution is -2.39. The highest BCUT2D eigenvalue weighted by Crippen LogP contribution is 2.32. The molecule has 0 saturated carbocycles. The van der Waals surface area contributed by atoms with Crippen molar-refractivity contribution in [2.45, 2.75) is 43.9 Å². The van der Waals surface area contributed by atoms with Crippen LogP contribution < -0.4 is 4.74 Å². The van der Waals surface area contributed by atoms with Crippen LogP contribution in [0.4, 0.5) is 0 Å². The number of carbonyl (C=O) groups excluding carboxylic acids is 1. The molecule has 3 heterocycles. The number of carbonyl (C=O) groups is 1. The fraction of sp³-hybridized carbons (Fsp3) is 0.545. The van der Waals surface area contributed by atoms with E-state index < -0.39 is 10.0 Å². The van der Waals surface area contributed by atoms with Crippen molar-refractivity contribution in [3.63, 3.8) is 0 Å². The molecule has 4 rings (SSSR count). The number of sulfonamides is 1. The standard InChI is InChI=1S/C22H30N4O4S/c1-16-7-6-10-25(15-16)22(27)19-14-18(23-24-19)17-8-9-20(30-2)21(13-17)31(28,29)26-11-4-3-5-12-26/h8-9,13-14,16H,3-7,10-12,15H2,1-2H3,(H,23,24)/t16-/m0/s1. The summed E-state index contributed by atoms with van der Waals surface area (Å²) in [5, 5.41) is 7.12. The number of piperidine rings is 2. The van der Waals surface area contributed by atoms with E-state index in [9.17, 15) is 13.2 Å². The molecule has 1 atom stereocenters. The molecule has 2 aromatic rings. The Hall–Kier alpha value is -2.39. The maximum Gasteiger partial charge on any atom is 0.271 e. The minimum atomic E-state index is -3.67. The Kier molecular flexibility index (Phi) is 6.34. The van der Waals surface area contributed by atoms with E-state index in [2.05, 4.69) is 17.1 Å². The Labute approximate surface area is 183 Å². The van der Waals surface area contributed by atoms with E-state index in [1.54, 1.807) is 24.3 Å². The van der Waals surface area contributed by atoms with Gasteiger partial charge in [0.2, 0.25) is 10.0 Å². The number of ether oxygens (including phenoxy) is 1. The van der Waals surface area contributed by atoms with Crippen molar-refractivity contribution in [2.75, 3.05) is 33.3 Å². The third-order valence-corrected chi connectivity index (χ3v) is 8.06. The van der Waals surface area contributed by atoms with Crippen molar-refractivity contribution >= 4 is 15.9 Å². The van der Waals surface area contributed by atoms with Crippen molar-refractivity contribution in [2.24, 2.45) is 5.92 Å². The number of hydrogen-bond donors (Lipinski definition) is 1. The zero-order valence-electron chi connectivity index (χ0n) is 18.1. The SMILES string of the molecule is COc1ccc(-c2cc(C(=O)N3CCC[C@H](C)C3)[nH]n2)cc1S(=O)(=O)N1CCCCC1. The van der Waals surface area contributed by atoms with Crippen LogP contribution in [-0.2, 0) is 10.0 Å². The molecule has 0 spiro atoms. The lowest BCUT2D eigenvalue weighted by Gasteiger charge is -2.30. The summed E-state index contributed by atoms with van der Waals surface area (Å²) >= 11 is 0. The van der Waals surface area contributed by atoms with Crippen molar-refractivity contribution in [3.8, 4) is 17.0 Å². The Balaban J connectivity index is 1.62. The first-order valence-corrected chi connectivity index (χ1v) is 12.4. The predicted molar refractivity (Wildman–Crippen MR) is 117 cm³/mol. The molecule has 9 heteroatoms. The molecule has 1 aromatic heterocycles. The first kappa shape index (κ1) is 21.8. The summed E-state index contributed by atoms with van der Waals surface area (Å²) in [6, 6.07) is 6.70. The molecule has 8 nitrogen and oxygen atoms in total. The summed E-state index contributed by atoms with van der Waals surface area (Å²) < 4.78 is 33.4. The highest BCUT2D eigenvalue weighted by molar-refractivity contribution is 7.89. The maximum absolute atomic E-state index is 13.3. The molecule has 0 aliphatic carbocycles. The van der Waals surface area contributed by atoms with Crippen LogP contribution in [0.15, 0.2) is 29.2 Å². The van der Waals surface area contributed by atoms with Gasteiger partial charge < -0.3 is 9.64 Å². The molecule has 2 fully saturated rings. The van der Waals surface area contributed by atoms with Crippen LogP contribution in [0.5, 0.6) is 5.75 Å². The number of amides is 1. The number of methoxy groups -OCH3 is 1. The van der Waals surface area contributed by atoms with E-state index in [1.807, 2.05) is 4.90 Å². The summed E-state index contributed by atoms with van der Waals surface area (Å²) in [6.45, 7) is 4.68. The smallest absolute Gasteiger partial charge is 0.271 e. The van der Waals surface area contributed by atoms with E-state index >= 15 is 0 Å². The van der Waals surface area contributed by atoms with Crippen LogP contribution in [0.3, 0.4) is 0 Å². The van der Waals surface area contributed by atoms with Crippen LogP contribution in [0.25, 0.3) is 11.3 Å². The number of aromatic nitrogens is 2. The maximum atomic E-state index is 13.3. The molecule has 31 heavy (non-hydrogen) atoms. The van der Waals surface area contributed by atoms with Crippen molar-refractivity contribution in [1.82, 2.24) is 19.4 Å². The first-order chi connectivity index (χ1) is 14.9. The van der Waals surface area contributed by atoms with Gasteiger partial charge in [-0.05, 0) is 55.9 Å². The number of benzene rings is 1. The molecule has 2 saturated heterocycles.